The van der Waals surface area contributed by atoms with Gasteiger partial charge in [0.2, 0.25) is 0 Å². The molecule has 0 saturated carbocycles. The molecule has 0 amide bonds. The Bertz CT molecular complexity index is 267. The van der Waals surface area contributed by atoms with Gasteiger partial charge in [-0.15, -0.1) is 0 Å². The second-order valence-corrected chi connectivity index (χ2v) is 3.28. The zero-order chi connectivity index (χ0) is 8.55. The smallest absolute Gasteiger partial charge is 0.160 e. The Hall–Kier alpha value is -0.990. The summed E-state index contributed by atoms with van der Waals surface area (Å²) in [5, 5.41) is 4.05. The van der Waals surface area contributed by atoms with Crippen molar-refractivity contribution < 1.29 is 4.52 Å². The maximum absolute atomic E-state index is 5.26. The van der Waals surface area contributed by atoms with Crippen molar-refractivity contribution in [3.05, 3.63) is 11.5 Å². The zero-order valence-corrected chi connectivity index (χ0v) is 7.63. The van der Waals surface area contributed by atoms with Crippen LogP contribution in [-0.4, -0.2) is 18.7 Å². The number of nitrogens with zero attached hydrogens (tertiary/aromatic N) is 2. The van der Waals surface area contributed by atoms with Crippen LogP contribution in [0.1, 0.15) is 24.8 Å². The van der Waals surface area contributed by atoms with Crippen LogP contribution in [-0.2, 0) is 12.8 Å². The van der Waals surface area contributed by atoms with E-state index in [-0.39, 0.29) is 0 Å². The average molecular weight is 166 g/mol. The van der Waals surface area contributed by atoms with E-state index in [0.29, 0.717) is 0 Å². The number of rotatable bonds is 1. The molecular formula is C9H14N2O. The maximum atomic E-state index is 5.26. The number of anilines is 1. The van der Waals surface area contributed by atoms with Gasteiger partial charge in [0.15, 0.2) is 5.76 Å². The highest BCUT2D eigenvalue weighted by Crippen LogP contribution is 2.29. The highest BCUT2D eigenvalue weighted by molar-refractivity contribution is 5.54. The Morgan fingerprint density at radius 2 is 2.42 bits per heavy atom. The van der Waals surface area contributed by atoms with E-state index in [2.05, 4.69) is 24.0 Å². The minimum atomic E-state index is 0.961. The summed E-state index contributed by atoms with van der Waals surface area (Å²) in [6, 6.07) is 0. The zero-order valence-electron chi connectivity index (χ0n) is 7.63. The number of fused-ring (bicyclic) bond motifs is 1. The SMILES string of the molecule is CCc1noc2c1N(C)CCC2. The molecule has 3 heteroatoms. The predicted molar refractivity (Wildman–Crippen MR) is 47.5 cm³/mol. The first-order valence-corrected chi connectivity index (χ1v) is 4.51. The second-order valence-electron chi connectivity index (χ2n) is 3.28. The van der Waals surface area contributed by atoms with Crippen LogP contribution < -0.4 is 4.90 Å². The van der Waals surface area contributed by atoms with Crippen LogP contribution >= 0.6 is 0 Å². The van der Waals surface area contributed by atoms with Gasteiger partial charge < -0.3 is 9.42 Å². The Labute approximate surface area is 72.3 Å². The number of aryl methyl sites for hydroxylation is 2. The number of hydrogen-bond donors (Lipinski definition) is 0. The van der Waals surface area contributed by atoms with E-state index in [9.17, 15) is 0 Å². The van der Waals surface area contributed by atoms with Crippen LogP contribution in [0.25, 0.3) is 0 Å². The Balaban J connectivity index is 2.43. The van der Waals surface area contributed by atoms with E-state index < -0.39 is 0 Å². The molecule has 0 N–H and O–H groups in total. The van der Waals surface area contributed by atoms with Gasteiger partial charge in [-0.2, -0.15) is 0 Å². The largest absolute Gasteiger partial charge is 0.370 e. The van der Waals surface area contributed by atoms with E-state index in [4.69, 9.17) is 4.52 Å². The number of hydrogen-bond acceptors (Lipinski definition) is 3. The minimum absolute atomic E-state index is 0.961. The van der Waals surface area contributed by atoms with Crippen molar-refractivity contribution in [1.82, 2.24) is 5.16 Å². The molecule has 0 atom stereocenters. The fourth-order valence-corrected chi connectivity index (χ4v) is 1.78. The summed E-state index contributed by atoms with van der Waals surface area (Å²) >= 11 is 0. The van der Waals surface area contributed by atoms with E-state index in [1.165, 1.54) is 12.1 Å². The molecule has 0 bridgehead atoms. The summed E-state index contributed by atoms with van der Waals surface area (Å²) in [4.78, 5) is 2.24. The molecule has 0 aromatic carbocycles. The van der Waals surface area contributed by atoms with E-state index in [1.807, 2.05) is 0 Å². The van der Waals surface area contributed by atoms with Gasteiger partial charge in [-0.3, -0.25) is 0 Å². The molecule has 0 aliphatic carbocycles. The summed E-state index contributed by atoms with van der Waals surface area (Å²) in [5.74, 6) is 1.07. The van der Waals surface area contributed by atoms with Crippen LogP contribution in [0.3, 0.4) is 0 Å². The summed E-state index contributed by atoms with van der Waals surface area (Å²) in [6.07, 6.45) is 3.19. The molecular weight excluding hydrogens is 152 g/mol. The van der Waals surface area contributed by atoms with Crippen molar-refractivity contribution >= 4 is 5.69 Å². The lowest BCUT2D eigenvalue weighted by molar-refractivity contribution is 0.373. The quantitative estimate of drug-likeness (QED) is 0.635. The van der Waals surface area contributed by atoms with Crippen molar-refractivity contribution in [2.24, 2.45) is 0 Å². The van der Waals surface area contributed by atoms with Crippen LogP contribution in [0.5, 0.6) is 0 Å². The molecule has 1 aliphatic heterocycles. The highest BCUT2D eigenvalue weighted by Gasteiger charge is 2.21. The Morgan fingerprint density at radius 1 is 1.58 bits per heavy atom. The molecule has 3 nitrogen and oxygen atoms in total. The molecule has 0 unspecified atom stereocenters. The standard InChI is InChI=1S/C9H14N2O/c1-3-7-9-8(12-10-7)5-4-6-11(9)2/h3-6H2,1-2H3. The van der Waals surface area contributed by atoms with Gasteiger partial charge in [0, 0.05) is 20.0 Å². The fraction of sp³-hybridized carbons (Fsp3) is 0.667. The van der Waals surface area contributed by atoms with E-state index in [1.54, 1.807) is 0 Å². The predicted octanol–water partition coefficient (Wildman–Crippen LogP) is 1.62. The van der Waals surface area contributed by atoms with Gasteiger partial charge in [-0.1, -0.05) is 12.1 Å². The van der Waals surface area contributed by atoms with Crippen LogP contribution in [0.4, 0.5) is 5.69 Å². The van der Waals surface area contributed by atoms with Crippen molar-refractivity contribution in [3.8, 4) is 0 Å². The first-order valence-electron chi connectivity index (χ1n) is 4.51. The molecule has 0 spiro atoms. The lowest BCUT2D eigenvalue weighted by atomic mass is 10.1. The summed E-state index contributed by atoms with van der Waals surface area (Å²) in [6.45, 7) is 3.24. The van der Waals surface area contributed by atoms with Gasteiger partial charge >= 0.3 is 0 Å². The van der Waals surface area contributed by atoms with Gasteiger partial charge in [-0.25, -0.2) is 0 Å². The molecule has 66 valence electrons. The first kappa shape index (κ1) is 7.65. The van der Waals surface area contributed by atoms with Gasteiger partial charge in [-0.05, 0) is 12.8 Å². The molecule has 0 fully saturated rings. The molecule has 2 rings (SSSR count). The summed E-state index contributed by atoms with van der Waals surface area (Å²) in [5.41, 5.74) is 2.34. The average Bonchev–Trinajstić information content (AvgIpc) is 2.49. The Kier molecular flexibility index (Phi) is 1.79. The first-order chi connectivity index (χ1) is 5.83. The lowest BCUT2D eigenvalue weighted by Crippen LogP contribution is -2.24. The van der Waals surface area contributed by atoms with Crippen LogP contribution in [0.15, 0.2) is 4.52 Å². The Morgan fingerprint density at radius 3 is 3.17 bits per heavy atom. The topological polar surface area (TPSA) is 29.3 Å². The third kappa shape index (κ3) is 1.00. The summed E-state index contributed by atoms with van der Waals surface area (Å²) in [7, 11) is 2.11. The van der Waals surface area contributed by atoms with Crippen LogP contribution in [0, 0.1) is 0 Å². The monoisotopic (exact) mass is 166 g/mol. The third-order valence-electron chi connectivity index (χ3n) is 2.42. The molecule has 1 aromatic rings. The van der Waals surface area contributed by atoms with Gasteiger partial charge in [0.05, 0.1) is 0 Å². The molecule has 0 saturated heterocycles. The normalized spacial score (nSPS) is 16.3. The third-order valence-corrected chi connectivity index (χ3v) is 2.42. The van der Waals surface area contributed by atoms with Crippen molar-refractivity contribution in [1.29, 1.82) is 0 Å². The molecule has 12 heavy (non-hydrogen) atoms. The summed E-state index contributed by atoms with van der Waals surface area (Å²) < 4.78 is 5.26. The number of aromatic nitrogens is 1. The van der Waals surface area contributed by atoms with Crippen molar-refractivity contribution in [3.63, 3.8) is 0 Å². The molecule has 1 aliphatic rings. The van der Waals surface area contributed by atoms with E-state index >= 15 is 0 Å². The highest BCUT2D eigenvalue weighted by atomic mass is 16.5. The van der Waals surface area contributed by atoms with Crippen molar-refractivity contribution in [2.45, 2.75) is 26.2 Å². The van der Waals surface area contributed by atoms with E-state index in [0.717, 1.165) is 30.8 Å². The van der Waals surface area contributed by atoms with Crippen LogP contribution in [0.2, 0.25) is 0 Å². The van der Waals surface area contributed by atoms with Gasteiger partial charge in [0.1, 0.15) is 11.4 Å². The maximum Gasteiger partial charge on any atom is 0.160 e. The lowest BCUT2D eigenvalue weighted by Gasteiger charge is -2.23. The fourth-order valence-electron chi connectivity index (χ4n) is 1.78. The molecule has 0 radical (unpaired) electrons. The van der Waals surface area contributed by atoms with Gasteiger partial charge in [0.25, 0.3) is 0 Å². The minimum Gasteiger partial charge on any atom is -0.370 e. The molecule has 2 heterocycles. The van der Waals surface area contributed by atoms with Crippen molar-refractivity contribution in [2.75, 3.05) is 18.5 Å². The second kappa shape index (κ2) is 2.81. The molecule has 1 aromatic heterocycles.